The molecule has 0 aromatic heterocycles. The van der Waals surface area contributed by atoms with Gasteiger partial charge in [0.1, 0.15) is 0 Å². The van der Waals surface area contributed by atoms with Gasteiger partial charge in [-0.1, -0.05) is 55.5 Å². The van der Waals surface area contributed by atoms with Crippen LogP contribution in [-0.2, 0) is 12.8 Å². The van der Waals surface area contributed by atoms with Crippen molar-refractivity contribution in [3.05, 3.63) is 70.8 Å². The molecule has 0 aliphatic carbocycles. The molecular weight excluding hydrogens is 240 g/mol. The quantitative estimate of drug-likeness (QED) is 0.671. The van der Waals surface area contributed by atoms with Crippen LogP contribution in [0.25, 0.3) is 0 Å². The highest BCUT2D eigenvalue weighted by atomic mass is 35.5. The van der Waals surface area contributed by atoms with Gasteiger partial charge in [0.05, 0.1) is 5.38 Å². The average molecular weight is 259 g/mol. The Morgan fingerprint density at radius 3 is 2.28 bits per heavy atom. The summed E-state index contributed by atoms with van der Waals surface area (Å²) in [7, 11) is 0. The second kappa shape index (κ2) is 6.06. The number of aryl methyl sites for hydroxylation is 2. The predicted molar refractivity (Wildman–Crippen MR) is 79.3 cm³/mol. The summed E-state index contributed by atoms with van der Waals surface area (Å²) in [5.41, 5.74) is 5.21. The van der Waals surface area contributed by atoms with Crippen LogP contribution in [0.3, 0.4) is 0 Å². The molecule has 0 amide bonds. The van der Waals surface area contributed by atoms with Gasteiger partial charge in [0.25, 0.3) is 0 Å². The van der Waals surface area contributed by atoms with Gasteiger partial charge in [-0.15, -0.1) is 11.6 Å². The maximum Gasteiger partial charge on any atom is 0.0625 e. The van der Waals surface area contributed by atoms with Crippen LogP contribution in [-0.4, -0.2) is 0 Å². The standard InChI is InChI=1S/C17H19Cl/c1-3-14-8-10-15(11-9-14)17(18)12-16-7-5-4-6-13(16)2/h4-11,17H,3,12H2,1-2H3. The van der Waals surface area contributed by atoms with Crippen molar-refractivity contribution in [3.63, 3.8) is 0 Å². The first kappa shape index (κ1) is 13.2. The lowest BCUT2D eigenvalue weighted by Crippen LogP contribution is -1.98. The second-order valence-electron chi connectivity index (χ2n) is 4.69. The lowest BCUT2D eigenvalue weighted by Gasteiger charge is -2.12. The lowest BCUT2D eigenvalue weighted by atomic mass is 9.99. The summed E-state index contributed by atoms with van der Waals surface area (Å²) in [6.45, 7) is 4.31. The molecule has 18 heavy (non-hydrogen) atoms. The van der Waals surface area contributed by atoms with E-state index in [-0.39, 0.29) is 5.38 Å². The fraction of sp³-hybridized carbons (Fsp3) is 0.294. The van der Waals surface area contributed by atoms with Crippen molar-refractivity contribution >= 4 is 11.6 Å². The number of rotatable bonds is 4. The molecule has 1 atom stereocenters. The number of hydrogen-bond acceptors (Lipinski definition) is 0. The minimum atomic E-state index is 0.0528. The van der Waals surface area contributed by atoms with Gasteiger partial charge in [-0.2, -0.15) is 0 Å². The van der Waals surface area contributed by atoms with Crippen molar-refractivity contribution in [2.75, 3.05) is 0 Å². The van der Waals surface area contributed by atoms with Gasteiger partial charge in [-0.05, 0) is 42.0 Å². The van der Waals surface area contributed by atoms with Gasteiger partial charge in [0, 0.05) is 0 Å². The van der Waals surface area contributed by atoms with Gasteiger partial charge in [-0.3, -0.25) is 0 Å². The summed E-state index contributed by atoms with van der Waals surface area (Å²) in [6, 6.07) is 17.1. The van der Waals surface area contributed by atoms with E-state index in [0.29, 0.717) is 0 Å². The summed E-state index contributed by atoms with van der Waals surface area (Å²) in [6.07, 6.45) is 1.96. The molecule has 1 unspecified atom stereocenters. The van der Waals surface area contributed by atoms with Crippen molar-refractivity contribution in [3.8, 4) is 0 Å². The molecule has 0 aliphatic heterocycles. The maximum absolute atomic E-state index is 6.51. The van der Waals surface area contributed by atoms with E-state index in [2.05, 4.69) is 62.4 Å². The monoisotopic (exact) mass is 258 g/mol. The van der Waals surface area contributed by atoms with Crippen molar-refractivity contribution in [1.82, 2.24) is 0 Å². The maximum atomic E-state index is 6.51. The van der Waals surface area contributed by atoms with E-state index in [1.807, 2.05) is 0 Å². The zero-order valence-corrected chi connectivity index (χ0v) is 11.7. The van der Waals surface area contributed by atoms with Gasteiger partial charge in [0.2, 0.25) is 0 Å². The molecule has 1 heteroatoms. The summed E-state index contributed by atoms with van der Waals surface area (Å²) < 4.78 is 0. The number of alkyl halides is 1. The first-order chi connectivity index (χ1) is 8.70. The number of hydrogen-bond donors (Lipinski definition) is 0. The van der Waals surface area contributed by atoms with E-state index in [0.717, 1.165) is 12.8 Å². The minimum Gasteiger partial charge on any atom is -0.117 e. The van der Waals surface area contributed by atoms with Crippen LogP contribution in [0.15, 0.2) is 48.5 Å². The fourth-order valence-corrected chi connectivity index (χ4v) is 2.42. The average Bonchev–Trinajstić information content (AvgIpc) is 2.41. The first-order valence-corrected chi connectivity index (χ1v) is 6.91. The molecule has 0 heterocycles. The van der Waals surface area contributed by atoms with Crippen LogP contribution in [0.2, 0.25) is 0 Å². The molecular formula is C17H19Cl. The van der Waals surface area contributed by atoms with Crippen molar-refractivity contribution < 1.29 is 0 Å². The molecule has 0 saturated heterocycles. The third kappa shape index (κ3) is 3.14. The molecule has 94 valence electrons. The van der Waals surface area contributed by atoms with E-state index in [4.69, 9.17) is 11.6 Å². The summed E-state index contributed by atoms with van der Waals surface area (Å²) in [5, 5.41) is 0.0528. The highest BCUT2D eigenvalue weighted by molar-refractivity contribution is 6.20. The Balaban J connectivity index is 2.11. The van der Waals surface area contributed by atoms with Crippen LogP contribution in [0, 0.1) is 6.92 Å². The zero-order valence-electron chi connectivity index (χ0n) is 11.0. The van der Waals surface area contributed by atoms with Crippen molar-refractivity contribution in [1.29, 1.82) is 0 Å². The van der Waals surface area contributed by atoms with Crippen molar-refractivity contribution in [2.45, 2.75) is 32.1 Å². The molecule has 2 aromatic rings. The van der Waals surface area contributed by atoms with Crippen LogP contribution >= 0.6 is 11.6 Å². The molecule has 0 bridgehead atoms. The Morgan fingerprint density at radius 1 is 1.00 bits per heavy atom. The van der Waals surface area contributed by atoms with E-state index >= 15 is 0 Å². The van der Waals surface area contributed by atoms with Crippen LogP contribution in [0.1, 0.15) is 34.6 Å². The Kier molecular flexibility index (Phi) is 4.43. The molecule has 0 spiro atoms. The zero-order chi connectivity index (χ0) is 13.0. The Morgan fingerprint density at radius 2 is 1.67 bits per heavy atom. The SMILES string of the molecule is CCc1ccc(C(Cl)Cc2ccccc2C)cc1. The predicted octanol–water partition coefficient (Wildman–Crippen LogP) is 5.08. The summed E-state index contributed by atoms with van der Waals surface area (Å²) in [4.78, 5) is 0. The highest BCUT2D eigenvalue weighted by Gasteiger charge is 2.10. The van der Waals surface area contributed by atoms with Gasteiger partial charge >= 0.3 is 0 Å². The molecule has 0 saturated carbocycles. The third-order valence-corrected chi connectivity index (χ3v) is 3.82. The molecule has 2 rings (SSSR count). The van der Waals surface area contributed by atoms with Gasteiger partial charge in [0.15, 0.2) is 0 Å². The van der Waals surface area contributed by atoms with E-state index in [1.165, 1.54) is 22.3 Å². The molecule has 0 radical (unpaired) electrons. The fourth-order valence-electron chi connectivity index (χ4n) is 2.11. The molecule has 2 aromatic carbocycles. The molecule has 0 nitrogen and oxygen atoms in total. The molecule has 0 aliphatic rings. The van der Waals surface area contributed by atoms with E-state index in [1.54, 1.807) is 0 Å². The minimum absolute atomic E-state index is 0.0528. The van der Waals surface area contributed by atoms with Crippen LogP contribution < -0.4 is 0 Å². The van der Waals surface area contributed by atoms with Crippen molar-refractivity contribution in [2.24, 2.45) is 0 Å². The Bertz CT molecular complexity index is 499. The van der Waals surface area contributed by atoms with E-state index < -0.39 is 0 Å². The first-order valence-electron chi connectivity index (χ1n) is 6.48. The number of benzene rings is 2. The Labute approximate surface area is 115 Å². The van der Waals surface area contributed by atoms with Crippen LogP contribution in [0.5, 0.6) is 0 Å². The Hall–Kier alpha value is -1.27. The van der Waals surface area contributed by atoms with Gasteiger partial charge < -0.3 is 0 Å². The van der Waals surface area contributed by atoms with E-state index in [9.17, 15) is 0 Å². The molecule has 0 fully saturated rings. The van der Waals surface area contributed by atoms with Crippen LogP contribution in [0.4, 0.5) is 0 Å². The largest absolute Gasteiger partial charge is 0.117 e. The third-order valence-electron chi connectivity index (χ3n) is 3.41. The lowest BCUT2D eigenvalue weighted by molar-refractivity contribution is 0.909. The topological polar surface area (TPSA) is 0 Å². The smallest absolute Gasteiger partial charge is 0.0625 e. The second-order valence-corrected chi connectivity index (χ2v) is 5.22. The summed E-state index contributed by atoms with van der Waals surface area (Å²) >= 11 is 6.51. The number of halogens is 1. The normalized spacial score (nSPS) is 12.4. The highest BCUT2D eigenvalue weighted by Crippen LogP contribution is 2.26. The molecule has 0 N–H and O–H groups in total. The summed E-state index contributed by atoms with van der Waals surface area (Å²) in [5.74, 6) is 0. The van der Waals surface area contributed by atoms with Gasteiger partial charge in [-0.25, -0.2) is 0 Å².